The second-order valence-electron chi connectivity index (χ2n) is 6.53. The molecule has 25 heavy (non-hydrogen) atoms. The van der Waals surface area contributed by atoms with Gasteiger partial charge >= 0.3 is 0 Å². The zero-order valence-corrected chi connectivity index (χ0v) is 14.3. The van der Waals surface area contributed by atoms with Crippen molar-refractivity contribution in [3.8, 4) is 17.1 Å². The van der Waals surface area contributed by atoms with E-state index >= 15 is 0 Å². The Kier molecular flexibility index (Phi) is 4.35. The number of carbonyl (C=O) groups is 1. The zero-order valence-electron chi connectivity index (χ0n) is 14.3. The molecule has 8 heteroatoms. The standard InChI is InChI=1S/C17H22N6O2/c1-22-20-17(19-21-22)12-4-6-13(7-5-12)25-15-11-18-9-8-14(15)23-10-2-3-16(23)24/h4-7,14-15,18H,2-3,8-11H2,1H3. The fourth-order valence-electron chi connectivity index (χ4n) is 3.57. The van der Waals surface area contributed by atoms with Gasteiger partial charge in [-0.15, -0.1) is 10.2 Å². The SMILES string of the molecule is Cn1nnc(-c2ccc(OC3CNCCC3N3CCCC3=O)cc2)n1. The molecule has 0 bridgehead atoms. The molecule has 0 saturated carbocycles. The molecule has 3 heterocycles. The molecule has 8 nitrogen and oxygen atoms in total. The Morgan fingerprint density at radius 2 is 2.12 bits per heavy atom. The fourth-order valence-corrected chi connectivity index (χ4v) is 3.57. The number of rotatable bonds is 4. The minimum Gasteiger partial charge on any atom is -0.487 e. The Hall–Kier alpha value is -2.48. The summed E-state index contributed by atoms with van der Waals surface area (Å²) in [5.41, 5.74) is 0.897. The largest absolute Gasteiger partial charge is 0.487 e. The van der Waals surface area contributed by atoms with Crippen LogP contribution >= 0.6 is 0 Å². The van der Waals surface area contributed by atoms with E-state index in [0.717, 1.165) is 43.8 Å². The number of ether oxygens (including phenoxy) is 1. The number of tetrazole rings is 1. The van der Waals surface area contributed by atoms with E-state index in [1.165, 1.54) is 4.80 Å². The normalized spacial score (nSPS) is 23.9. The molecule has 1 N–H and O–H groups in total. The second kappa shape index (κ2) is 6.79. The van der Waals surface area contributed by atoms with Crippen molar-refractivity contribution in [2.45, 2.75) is 31.4 Å². The zero-order chi connectivity index (χ0) is 17.2. The molecule has 2 saturated heterocycles. The van der Waals surface area contributed by atoms with Crippen LogP contribution in [0.2, 0.25) is 0 Å². The number of nitrogens with one attached hydrogen (secondary N) is 1. The summed E-state index contributed by atoms with van der Waals surface area (Å²) < 4.78 is 6.21. The molecule has 2 aromatic rings. The number of hydrogen-bond acceptors (Lipinski definition) is 6. The number of aryl methyl sites for hydroxylation is 1. The minimum atomic E-state index is -0.0312. The molecule has 2 atom stereocenters. The van der Waals surface area contributed by atoms with Crippen LogP contribution in [0, 0.1) is 0 Å². The summed E-state index contributed by atoms with van der Waals surface area (Å²) in [6.07, 6.45) is 2.51. The molecule has 132 valence electrons. The van der Waals surface area contributed by atoms with Crippen molar-refractivity contribution in [1.82, 2.24) is 30.4 Å². The lowest BCUT2D eigenvalue weighted by atomic mass is 10.0. The van der Waals surface area contributed by atoms with E-state index in [2.05, 4.69) is 20.7 Å². The van der Waals surface area contributed by atoms with Crippen LogP contribution < -0.4 is 10.1 Å². The van der Waals surface area contributed by atoms with E-state index in [9.17, 15) is 4.79 Å². The monoisotopic (exact) mass is 342 g/mol. The molecule has 2 aliphatic heterocycles. The van der Waals surface area contributed by atoms with Gasteiger partial charge in [0.25, 0.3) is 0 Å². The van der Waals surface area contributed by atoms with Crippen molar-refractivity contribution < 1.29 is 9.53 Å². The van der Waals surface area contributed by atoms with Crippen molar-refractivity contribution in [1.29, 1.82) is 0 Å². The molecule has 2 fully saturated rings. The maximum absolute atomic E-state index is 12.1. The van der Waals surface area contributed by atoms with E-state index in [1.54, 1.807) is 7.05 Å². The summed E-state index contributed by atoms with van der Waals surface area (Å²) >= 11 is 0. The molecule has 2 unspecified atom stereocenters. The number of carbonyl (C=O) groups excluding carboxylic acids is 1. The molecular weight excluding hydrogens is 320 g/mol. The number of aromatic nitrogens is 4. The quantitative estimate of drug-likeness (QED) is 0.876. The van der Waals surface area contributed by atoms with Crippen LogP contribution in [0.15, 0.2) is 24.3 Å². The molecule has 2 aliphatic rings. The Morgan fingerprint density at radius 3 is 2.80 bits per heavy atom. The topological polar surface area (TPSA) is 85.2 Å². The molecule has 1 aromatic heterocycles. The van der Waals surface area contributed by atoms with E-state index in [0.29, 0.717) is 12.2 Å². The van der Waals surface area contributed by atoms with Crippen LogP contribution in [0.4, 0.5) is 0 Å². The maximum Gasteiger partial charge on any atom is 0.223 e. The van der Waals surface area contributed by atoms with Gasteiger partial charge in [-0.1, -0.05) is 0 Å². The van der Waals surface area contributed by atoms with Crippen LogP contribution in [0.5, 0.6) is 5.75 Å². The first kappa shape index (κ1) is 16.0. The second-order valence-corrected chi connectivity index (χ2v) is 6.53. The fraction of sp³-hybridized carbons (Fsp3) is 0.529. The van der Waals surface area contributed by atoms with Gasteiger partial charge in [-0.2, -0.15) is 4.80 Å². The smallest absolute Gasteiger partial charge is 0.223 e. The lowest BCUT2D eigenvalue weighted by Crippen LogP contribution is -2.55. The van der Waals surface area contributed by atoms with Crippen molar-refractivity contribution >= 4 is 5.91 Å². The lowest BCUT2D eigenvalue weighted by Gasteiger charge is -2.38. The van der Waals surface area contributed by atoms with Crippen LogP contribution in [0.1, 0.15) is 19.3 Å². The summed E-state index contributed by atoms with van der Waals surface area (Å²) in [6.45, 7) is 2.52. The van der Waals surface area contributed by atoms with Crippen molar-refractivity contribution in [2.75, 3.05) is 19.6 Å². The van der Waals surface area contributed by atoms with Gasteiger partial charge in [-0.25, -0.2) is 0 Å². The van der Waals surface area contributed by atoms with Gasteiger partial charge in [0.1, 0.15) is 11.9 Å². The lowest BCUT2D eigenvalue weighted by molar-refractivity contribution is -0.132. The molecule has 1 amide bonds. The highest BCUT2D eigenvalue weighted by Crippen LogP contribution is 2.25. The molecule has 0 radical (unpaired) electrons. The third-order valence-corrected chi connectivity index (χ3v) is 4.81. The summed E-state index contributed by atoms with van der Waals surface area (Å²) in [4.78, 5) is 15.5. The van der Waals surface area contributed by atoms with Gasteiger partial charge in [-0.05, 0) is 48.9 Å². The summed E-state index contributed by atoms with van der Waals surface area (Å²) in [5, 5.41) is 15.4. The third kappa shape index (κ3) is 3.34. The van der Waals surface area contributed by atoms with Gasteiger partial charge in [0.15, 0.2) is 0 Å². The molecular formula is C17H22N6O2. The number of hydrogen-bond donors (Lipinski definition) is 1. The number of benzene rings is 1. The van der Waals surface area contributed by atoms with Crippen LogP contribution in [-0.4, -0.2) is 62.8 Å². The van der Waals surface area contributed by atoms with Crippen molar-refractivity contribution in [3.05, 3.63) is 24.3 Å². The van der Waals surface area contributed by atoms with Gasteiger partial charge in [0.2, 0.25) is 11.7 Å². The van der Waals surface area contributed by atoms with Crippen LogP contribution in [-0.2, 0) is 11.8 Å². The highest BCUT2D eigenvalue weighted by Gasteiger charge is 2.36. The van der Waals surface area contributed by atoms with E-state index in [4.69, 9.17) is 4.74 Å². The summed E-state index contributed by atoms with van der Waals surface area (Å²) in [7, 11) is 1.74. The van der Waals surface area contributed by atoms with Crippen LogP contribution in [0.25, 0.3) is 11.4 Å². The Balaban J connectivity index is 1.47. The predicted octanol–water partition coefficient (Wildman–Crippen LogP) is 0.609. The molecule has 0 aliphatic carbocycles. The van der Waals surface area contributed by atoms with Gasteiger partial charge in [-0.3, -0.25) is 4.79 Å². The first-order valence-electron chi connectivity index (χ1n) is 8.72. The van der Waals surface area contributed by atoms with E-state index < -0.39 is 0 Å². The molecule has 1 aromatic carbocycles. The number of amides is 1. The third-order valence-electron chi connectivity index (χ3n) is 4.81. The van der Waals surface area contributed by atoms with Gasteiger partial charge in [0, 0.05) is 25.1 Å². The Morgan fingerprint density at radius 1 is 1.28 bits per heavy atom. The molecule has 0 spiro atoms. The van der Waals surface area contributed by atoms with Crippen LogP contribution in [0.3, 0.4) is 0 Å². The summed E-state index contributed by atoms with van der Waals surface area (Å²) in [5.74, 6) is 1.64. The summed E-state index contributed by atoms with van der Waals surface area (Å²) in [6, 6.07) is 7.85. The maximum atomic E-state index is 12.1. The number of nitrogens with zero attached hydrogens (tertiary/aromatic N) is 5. The number of piperidine rings is 1. The van der Waals surface area contributed by atoms with Crippen molar-refractivity contribution in [2.24, 2.45) is 7.05 Å². The number of likely N-dealkylation sites (tertiary alicyclic amines) is 1. The Labute approximate surface area is 146 Å². The Bertz CT molecular complexity index is 744. The first-order valence-corrected chi connectivity index (χ1v) is 8.72. The first-order chi connectivity index (χ1) is 12.2. The highest BCUT2D eigenvalue weighted by atomic mass is 16.5. The van der Waals surface area contributed by atoms with Gasteiger partial charge < -0.3 is 15.0 Å². The highest BCUT2D eigenvalue weighted by molar-refractivity contribution is 5.78. The average molecular weight is 342 g/mol. The van der Waals surface area contributed by atoms with Gasteiger partial charge in [0.05, 0.1) is 13.1 Å². The van der Waals surface area contributed by atoms with E-state index in [1.807, 2.05) is 29.2 Å². The average Bonchev–Trinajstić information content (AvgIpc) is 3.25. The van der Waals surface area contributed by atoms with Crippen molar-refractivity contribution in [3.63, 3.8) is 0 Å². The molecule has 4 rings (SSSR count). The predicted molar refractivity (Wildman–Crippen MR) is 90.9 cm³/mol. The van der Waals surface area contributed by atoms with E-state index in [-0.39, 0.29) is 18.1 Å². The minimum absolute atomic E-state index is 0.0312.